The van der Waals surface area contributed by atoms with Gasteiger partial charge in [-0.15, -0.1) is 0 Å². The van der Waals surface area contributed by atoms with Crippen molar-refractivity contribution in [2.24, 2.45) is 0 Å². The predicted molar refractivity (Wildman–Crippen MR) is 48.5 cm³/mol. The molecule has 0 radical (unpaired) electrons. The molecule has 2 rings (SSSR count). The summed E-state index contributed by atoms with van der Waals surface area (Å²) in [4.78, 5) is 14.8. The zero-order chi connectivity index (χ0) is 8.55. The van der Waals surface area contributed by atoms with Crippen LogP contribution >= 0.6 is 0 Å². The summed E-state index contributed by atoms with van der Waals surface area (Å²) in [6.07, 6.45) is 4.07. The monoisotopic (exact) mass is 163 g/mol. The molecule has 2 nitrogen and oxygen atoms in total. The van der Waals surface area contributed by atoms with E-state index >= 15 is 0 Å². The number of hydrogen-bond donors (Lipinski definition) is 1. The smallest absolute Gasteiger partial charge is 0.185 e. The van der Waals surface area contributed by atoms with Gasteiger partial charge < -0.3 is 4.98 Å². The standard InChI is InChI=1S/C10H13NO/c1-2-7-6-10(12)8-4-3-5-9(8)11-7/h6H,2-5H2,1H3,(H,11,12). The Kier molecular flexibility index (Phi) is 1.75. The summed E-state index contributed by atoms with van der Waals surface area (Å²) in [6, 6.07) is 1.74. The fourth-order valence-electron chi connectivity index (χ4n) is 1.82. The van der Waals surface area contributed by atoms with E-state index in [1.54, 1.807) is 6.07 Å². The minimum Gasteiger partial charge on any atom is -0.362 e. The van der Waals surface area contributed by atoms with Crippen molar-refractivity contribution >= 4 is 0 Å². The summed E-state index contributed by atoms with van der Waals surface area (Å²) < 4.78 is 0. The van der Waals surface area contributed by atoms with Crippen molar-refractivity contribution in [2.45, 2.75) is 32.6 Å². The van der Waals surface area contributed by atoms with Crippen LogP contribution in [0.1, 0.15) is 30.3 Å². The third-order valence-corrected chi connectivity index (χ3v) is 2.51. The largest absolute Gasteiger partial charge is 0.362 e. The van der Waals surface area contributed by atoms with E-state index in [4.69, 9.17) is 0 Å². The summed E-state index contributed by atoms with van der Waals surface area (Å²) in [5.74, 6) is 0. The van der Waals surface area contributed by atoms with Crippen molar-refractivity contribution < 1.29 is 0 Å². The molecule has 2 heteroatoms. The topological polar surface area (TPSA) is 32.9 Å². The zero-order valence-electron chi connectivity index (χ0n) is 7.31. The molecule has 1 aliphatic carbocycles. The predicted octanol–water partition coefficient (Wildman–Crippen LogP) is 1.43. The Bertz CT molecular complexity index is 351. The molecule has 1 aromatic rings. The van der Waals surface area contributed by atoms with Crippen LogP contribution in [-0.4, -0.2) is 4.98 Å². The first-order valence-corrected chi connectivity index (χ1v) is 4.55. The molecule has 1 heterocycles. The van der Waals surface area contributed by atoms with E-state index in [9.17, 15) is 4.79 Å². The molecular weight excluding hydrogens is 150 g/mol. The van der Waals surface area contributed by atoms with E-state index in [2.05, 4.69) is 11.9 Å². The van der Waals surface area contributed by atoms with Gasteiger partial charge in [0.15, 0.2) is 5.43 Å². The molecule has 0 unspecified atom stereocenters. The zero-order valence-corrected chi connectivity index (χ0v) is 7.31. The molecule has 12 heavy (non-hydrogen) atoms. The maximum absolute atomic E-state index is 11.5. The number of aryl methyl sites for hydroxylation is 2. The van der Waals surface area contributed by atoms with Crippen LogP contribution in [0, 0.1) is 0 Å². The molecule has 0 amide bonds. The summed E-state index contributed by atoms with van der Waals surface area (Å²) in [5, 5.41) is 0. The lowest BCUT2D eigenvalue weighted by atomic mass is 10.2. The Morgan fingerprint density at radius 3 is 3.08 bits per heavy atom. The molecule has 1 aliphatic rings. The lowest BCUT2D eigenvalue weighted by Crippen LogP contribution is -2.10. The van der Waals surface area contributed by atoms with Gasteiger partial charge in [0.1, 0.15) is 0 Å². The molecule has 0 bridgehead atoms. The molecule has 0 saturated heterocycles. The van der Waals surface area contributed by atoms with E-state index in [1.807, 2.05) is 0 Å². The molecule has 0 fully saturated rings. The normalized spacial score (nSPS) is 14.8. The lowest BCUT2D eigenvalue weighted by Gasteiger charge is -2.01. The van der Waals surface area contributed by atoms with E-state index in [1.165, 1.54) is 5.69 Å². The fraction of sp³-hybridized carbons (Fsp3) is 0.500. The van der Waals surface area contributed by atoms with Gasteiger partial charge >= 0.3 is 0 Å². The summed E-state index contributed by atoms with van der Waals surface area (Å²) in [5.41, 5.74) is 3.50. The van der Waals surface area contributed by atoms with Crippen molar-refractivity contribution in [3.8, 4) is 0 Å². The molecule has 0 atom stereocenters. The summed E-state index contributed by atoms with van der Waals surface area (Å²) >= 11 is 0. The molecule has 1 N–H and O–H groups in total. The van der Waals surface area contributed by atoms with Crippen LogP contribution in [0.15, 0.2) is 10.9 Å². The Morgan fingerprint density at radius 1 is 1.50 bits per heavy atom. The Labute approximate surface area is 71.6 Å². The minimum atomic E-state index is 0.234. The van der Waals surface area contributed by atoms with Gasteiger partial charge in [-0.1, -0.05) is 6.92 Å². The van der Waals surface area contributed by atoms with Crippen molar-refractivity contribution in [1.29, 1.82) is 0 Å². The van der Waals surface area contributed by atoms with Crippen LogP contribution < -0.4 is 5.43 Å². The number of hydrogen-bond acceptors (Lipinski definition) is 1. The molecule has 0 aromatic carbocycles. The van der Waals surface area contributed by atoms with E-state index in [-0.39, 0.29) is 5.43 Å². The highest BCUT2D eigenvalue weighted by molar-refractivity contribution is 5.27. The van der Waals surface area contributed by atoms with Crippen molar-refractivity contribution in [3.05, 3.63) is 33.2 Å². The van der Waals surface area contributed by atoms with Gasteiger partial charge in [0.2, 0.25) is 0 Å². The SMILES string of the molecule is CCc1cc(=O)c2c([nH]1)CCC2. The summed E-state index contributed by atoms with van der Waals surface area (Å²) in [6.45, 7) is 2.06. The molecule has 1 aromatic heterocycles. The average Bonchev–Trinajstić information content (AvgIpc) is 2.52. The van der Waals surface area contributed by atoms with Crippen molar-refractivity contribution in [3.63, 3.8) is 0 Å². The second-order valence-corrected chi connectivity index (χ2v) is 3.32. The first-order chi connectivity index (χ1) is 5.81. The van der Waals surface area contributed by atoms with Crippen LogP contribution in [0.3, 0.4) is 0 Å². The lowest BCUT2D eigenvalue weighted by molar-refractivity contribution is 0.891. The number of fused-ring (bicyclic) bond motifs is 1. The van der Waals surface area contributed by atoms with E-state index in [0.29, 0.717) is 0 Å². The molecule has 64 valence electrons. The van der Waals surface area contributed by atoms with Crippen LogP contribution in [-0.2, 0) is 19.3 Å². The highest BCUT2D eigenvalue weighted by Crippen LogP contribution is 2.16. The molecule has 0 saturated carbocycles. The number of nitrogens with one attached hydrogen (secondary N) is 1. The van der Waals surface area contributed by atoms with Crippen LogP contribution in [0.25, 0.3) is 0 Å². The van der Waals surface area contributed by atoms with Gasteiger partial charge in [-0.3, -0.25) is 4.79 Å². The molecule has 0 aliphatic heterocycles. The third-order valence-electron chi connectivity index (χ3n) is 2.51. The Hall–Kier alpha value is -1.05. The third kappa shape index (κ3) is 1.07. The number of aromatic nitrogens is 1. The van der Waals surface area contributed by atoms with E-state index in [0.717, 1.165) is 36.9 Å². The minimum absolute atomic E-state index is 0.234. The van der Waals surface area contributed by atoms with Crippen LogP contribution in [0.2, 0.25) is 0 Å². The second kappa shape index (κ2) is 2.77. The first-order valence-electron chi connectivity index (χ1n) is 4.55. The second-order valence-electron chi connectivity index (χ2n) is 3.32. The van der Waals surface area contributed by atoms with Crippen LogP contribution in [0.5, 0.6) is 0 Å². The van der Waals surface area contributed by atoms with Gasteiger partial charge in [-0.25, -0.2) is 0 Å². The quantitative estimate of drug-likeness (QED) is 0.667. The van der Waals surface area contributed by atoms with E-state index < -0.39 is 0 Å². The maximum atomic E-state index is 11.5. The maximum Gasteiger partial charge on any atom is 0.185 e. The number of H-pyrrole nitrogens is 1. The van der Waals surface area contributed by atoms with Gasteiger partial charge in [-0.2, -0.15) is 0 Å². The highest BCUT2D eigenvalue weighted by atomic mass is 16.1. The number of aromatic amines is 1. The van der Waals surface area contributed by atoms with Gasteiger partial charge in [0.05, 0.1) is 0 Å². The molecule has 0 spiro atoms. The van der Waals surface area contributed by atoms with Gasteiger partial charge in [-0.05, 0) is 25.7 Å². The Morgan fingerprint density at radius 2 is 2.33 bits per heavy atom. The van der Waals surface area contributed by atoms with Gasteiger partial charge in [0, 0.05) is 23.0 Å². The van der Waals surface area contributed by atoms with Crippen molar-refractivity contribution in [1.82, 2.24) is 4.98 Å². The van der Waals surface area contributed by atoms with Crippen LogP contribution in [0.4, 0.5) is 0 Å². The fourth-order valence-corrected chi connectivity index (χ4v) is 1.82. The van der Waals surface area contributed by atoms with Gasteiger partial charge in [0.25, 0.3) is 0 Å². The first kappa shape index (κ1) is 7.59. The summed E-state index contributed by atoms with van der Waals surface area (Å²) in [7, 11) is 0. The average molecular weight is 163 g/mol. The van der Waals surface area contributed by atoms with Crippen molar-refractivity contribution in [2.75, 3.05) is 0 Å². The number of pyridine rings is 1. The highest BCUT2D eigenvalue weighted by Gasteiger charge is 2.14. The molecular formula is C10H13NO. The Balaban J connectivity index is 2.59. The number of rotatable bonds is 1.